The Morgan fingerprint density at radius 2 is 2.10 bits per heavy atom. The standard InChI is InChI=1S/C15H24N6/c1-4-16-13-11-21-10-7-17-14(21)15(18-13)20-8-5-12(6-9-20)19(2)3/h7,10-12,16H,4-6,8-9H2,1-3H3. The highest BCUT2D eigenvalue weighted by Gasteiger charge is 2.23. The van der Waals surface area contributed by atoms with Gasteiger partial charge in [-0.3, -0.25) is 0 Å². The van der Waals surface area contributed by atoms with Crippen LogP contribution in [-0.2, 0) is 0 Å². The van der Waals surface area contributed by atoms with Gasteiger partial charge in [-0.15, -0.1) is 0 Å². The van der Waals surface area contributed by atoms with E-state index in [1.54, 1.807) is 0 Å². The van der Waals surface area contributed by atoms with E-state index < -0.39 is 0 Å². The monoisotopic (exact) mass is 288 g/mol. The molecule has 0 amide bonds. The molecule has 3 heterocycles. The van der Waals surface area contributed by atoms with Crippen LogP contribution >= 0.6 is 0 Å². The average Bonchev–Trinajstić information content (AvgIpc) is 2.95. The highest BCUT2D eigenvalue weighted by Crippen LogP contribution is 2.25. The molecule has 0 atom stereocenters. The molecule has 6 nitrogen and oxygen atoms in total. The van der Waals surface area contributed by atoms with Crippen molar-refractivity contribution in [3.05, 3.63) is 18.6 Å². The van der Waals surface area contributed by atoms with Gasteiger partial charge in [0.1, 0.15) is 5.82 Å². The Morgan fingerprint density at radius 1 is 1.33 bits per heavy atom. The number of nitrogens with one attached hydrogen (secondary N) is 1. The van der Waals surface area contributed by atoms with Crippen molar-refractivity contribution in [3.63, 3.8) is 0 Å². The van der Waals surface area contributed by atoms with Crippen LogP contribution in [0.1, 0.15) is 19.8 Å². The molecule has 2 aromatic rings. The molecule has 21 heavy (non-hydrogen) atoms. The second-order valence-corrected chi connectivity index (χ2v) is 5.82. The van der Waals surface area contributed by atoms with E-state index in [-0.39, 0.29) is 0 Å². The number of imidazole rings is 1. The van der Waals surface area contributed by atoms with Gasteiger partial charge in [0.05, 0.1) is 6.20 Å². The van der Waals surface area contributed by atoms with Crippen LogP contribution in [-0.4, -0.2) is 59.0 Å². The summed E-state index contributed by atoms with van der Waals surface area (Å²) in [7, 11) is 4.33. The maximum atomic E-state index is 4.77. The van der Waals surface area contributed by atoms with Gasteiger partial charge in [0.15, 0.2) is 11.5 Å². The van der Waals surface area contributed by atoms with Gasteiger partial charge in [-0.1, -0.05) is 0 Å². The predicted molar refractivity (Wildman–Crippen MR) is 86.1 cm³/mol. The molecule has 0 unspecified atom stereocenters. The van der Waals surface area contributed by atoms with Crippen LogP contribution in [0.15, 0.2) is 18.6 Å². The molecule has 1 aliphatic heterocycles. The molecule has 0 spiro atoms. The van der Waals surface area contributed by atoms with Crippen molar-refractivity contribution >= 4 is 17.3 Å². The summed E-state index contributed by atoms with van der Waals surface area (Å²) >= 11 is 0. The number of piperidine rings is 1. The summed E-state index contributed by atoms with van der Waals surface area (Å²) in [6, 6.07) is 0.675. The van der Waals surface area contributed by atoms with Gasteiger partial charge in [-0.2, -0.15) is 0 Å². The lowest BCUT2D eigenvalue weighted by Gasteiger charge is -2.35. The molecule has 1 saturated heterocycles. The molecule has 1 N–H and O–H groups in total. The number of rotatable bonds is 4. The van der Waals surface area contributed by atoms with Crippen molar-refractivity contribution in [2.24, 2.45) is 0 Å². The van der Waals surface area contributed by atoms with Crippen molar-refractivity contribution in [2.45, 2.75) is 25.8 Å². The van der Waals surface area contributed by atoms with Crippen molar-refractivity contribution in [3.8, 4) is 0 Å². The van der Waals surface area contributed by atoms with Crippen LogP contribution in [0, 0.1) is 0 Å². The molecule has 2 aromatic heterocycles. The zero-order chi connectivity index (χ0) is 14.8. The van der Waals surface area contributed by atoms with Crippen molar-refractivity contribution in [2.75, 3.05) is 43.9 Å². The highest BCUT2D eigenvalue weighted by molar-refractivity contribution is 5.67. The molecule has 6 heteroatoms. The Balaban J connectivity index is 1.87. The lowest BCUT2D eigenvalue weighted by Crippen LogP contribution is -2.42. The first kappa shape index (κ1) is 14.1. The Hall–Kier alpha value is -1.82. The number of aromatic nitrogens is 3. The molecule has 0 aliphatic carbocycles. The lowest BCUT2D eigenvalue weighted by molar-refractivity contribution is 0.249. The SMILES string of the molecule is CCNc1cn2ccnc2c(N2CCC(N(C)C)CC2)n1. The number of nitrogens with zero attached hydrogens (tertiary/aromatic N) is 5. The van der Waals surface area contributed by atoms with Crippen LogP contribution in [0.4, 0.5) is 11.6 Å². The minimum Gasteiger partial charge on any atom is -0.369 e. The third kappa shape index (κ3) is 2.81. The minimum absolute atomic E-state index is 0.675. The van der Waals surface area contributed by atoms with Crippen molar-refractivity contribution in [1.29, 1.82) is 0 Å². The molecular formula is C15H24N6. The summed E-state index contributed by atoms with van der Waals surface area (Å²) in [6.45, 7) is 5.03. The zero-order valence-corrected chi connectivity index (χ0v) is 13.1. The second kappa shape index (κ2) is 5.89. The fourth-order valence-corrected chi connectivity index (χ4v) is 2.99. The van der Waals surface area contributed by atoms with Crippen LogP contribution in [0.25, 0.3) is 5.65 Å². The van der Waals surface area contributed by atoms with E-state index >= 15 is 0 Å². The Kier molecular flexibility index (Phi) is 3.96. The van der Waals surface area contributed by atoms with Gasteiger partial charge >= 0.3 is 0 Å². The average molecular weight is 288 g/mol. The third-order valence-corrected chi connectivity index (χ3v) is 4.21. The van der Waals surface area contributed by atoms with Crippen molar-refractivity contribution in [1.82, 2.24) is 19.3 Å². The van der Waals surface area contributed by atoms with E-state index in [1.807, 2.05) is 18.6 Å². The quantitative estimate of drug-likeness (QED) is 0.928. The smallest absolute Gasteiger partial charge is 0.180 e. The number of anilines is 2. The maximum absolute atomic E-state index is 4.77. The van der Waals surface area contributed by atoms with Gasteiger partial charge in [0.2, 0.25) is 0 Å². The van der Waals surface area contributed by atoms with Gasteiger partial charge in [-0.05, 0) is 33.9 Å². The molecule has 0 bridgehead atoms. The summed E-state index contributed by atoms with van der Waals surface area (Å²) in [5, 5.41) is 3.30. The van der Waals surface area contributed by atoms with Gasteiger partial charge < -0.3 is 19.5 Å². The number of hydrogen-bond donors (Lipinski definition) is 1. The van der Waals surface area contributed by atoms with E-state index in [0.29, 0.717) is 6.04 Å². The first-order valence-corrected chi connectivity index (χ1v) is 7.68. The summed E-state index contributed by atoms with van der Waals surface area (Å²) in [5.41, 5.74) is 0.944. The van der Waals surface area contributed by atoms with Crippen LogP contribution in [0.3, 0.4) is 0 Å². The van der Waals surface area contributed by atoms with E-state index in [9.17, 15) is 0 Å². The lowest BCUT2D eigenvalue weighted by atomic mass is 10.0. The summed E-state index contributed by atoms with van der Waals surface area (Å²) < 4.78 is 2.05. The van der Waals surface area contributed by atoms with Crippen LogP contribution in [0.2, 0.25) is 0 Å². The Labute approximate surface area is 125 Å². The molecule has 1 fully saturated rings. The molecule has 3 rings (SSSR count). The van der Waals surface area contributed by atoms with E-state index in [2.05, 4.69) is 45.5 Å². The molecule has 1 aliphatic rings. The Morgan fingerprint density at radius 3 is 2.76 bits per heavy atom. The molecule has 114 valence electrons. The largest absolute Gasteiger partial charge is 0.369 e. The van der Waals surface area contributed by atoms with E-state index in [0.717, 1.165) is 36.9 Å². The summed E-state index contributed by atoms with van der Waals surface area (Å²) in [6.07, 6.45) is 8.17. The van der Waals surface area contributed by atoms with Crippen molar-refractivity contribution < 1.29 is 0 Å². The van der Waals surface area contributed by atoms with E-state index in [4.69, 9.17) is 4.98 Å². The van der Waals surface area contributed by atoms with Gasteiger partial charge in [0.25, 0.3) is 0 Å². The summed E-state index contributed by atoms with van der Waals surface area (Å²) in [5.74, 6) is 1.91. The van der Waals surface area contributed by atoms with Gasteiger partial charge in [-0.25, -0.2) is 9.97 Å². The normalized spacial score (nSPS) is 16.9. The minimum atomic E-state index is 0.675. The molecule has 0 aromatic carbocycles. The molecule has 0 saturated carbocycles. The number of hydrogen-bond acceptors (Lipinski definition) is 5. The zero-order valence-electron chi connectivity index (χ0n) is 13.1. The fraction of sp³-hybridized carbons (Fsp3) is 0.600. The van der Waals surface area contributed by atoms with Crippen LogP contribution < -0.4 is 10.2 Å². The summed E-state index contributed by atoms with van der Waals surface area (Å²) in [4.78, 5) is 13.9. The fourth-order valence-electron chi connectivity index (χ4n) is 2.99. The molecular weight excluding hydrogens is 264 g/mol. The second-order valence-electron chi connectivity index (χ2n) is 5.82. The highest BCUT2D eigenvalue weighted by atomic mass is 15.3. The van der Waals surface area contributed by atoms with E-state index in [1.165, 1.54) is 12.8 Å². The van der Waals surface area contributed by atoms with Gasteiger partial charge in [0, 0.05) is 38.1 Å². The Bertz CT molecular complexity index is 597. The van der Waals surface area contributed by atoms with Crippen LogP contribution in [0.5, 0.6) is 0 Å². The topological polar surface area (TPSA) is 48.7 Å². The third-order valence-electron chi connectivity index (χ3n) is 4.21. The molecule has 0 radical (unpaired) electrons. The maximum Gasteiger partial charge on any atom is 0.180 e. The predicted octanol–water partition coefficient (Wildman–Crippen LogP) is 1.69. The first-order chi connectivity index (χ1) is 10.2. The first-order valence-electron chi connectivity index (χ1n) is 7.68. The number of fused-ring (bicyclic) bond motifs is 1.